The molecule has 0 fully saturated rings. The highest BCUT2D eigenvalue weighted by Gasteiger charge is 2.12. The number of primary amides is 1. The Morgan fingerprint density at radius 2 is 2.00 bits per heavy atom. The molecule has 19 heavy (non-hydrogen) atoms. The number of nitrogen functional groups attached to an aromatic ring is 1. The molecule has 0 aliphatic carbocycles. The van der Waals surface area contributed by atoms with Crippen LogP contribution in [0.4, 0.5) is 17.1 Å². The average molecular weight is 388 g/mol. The third-order valence-electron chi connectivity index (χ3n) is 2.55. The van der Waals surface area contributed by atoms with Gasteiger partial charge in [-0.2, -0.15) is 0 Å². The predicted molar refractivity (Wildman–Crippen MR) is 86.8 cm³/mol. The highest BCUT2D eigenvalue weighted by atomic mass is 127. The summed E-state index contributed by atoms with van der Waals surface area (Å²) in [5.41, 5.74) is 13.4. The predicted octanol–water partition coefficient (Wildman–Crippen LogP) is 3.37. The summed E-state index contributed by atoms with van der Waals surface area (Å²) in [7, 11) is 0. The van der Waals surface area contributed by atoms with Gasteiger partial charge in [0.25, 0.3) is 5.91 Å². The van der Waals surface area contributed by atoms with Gasteiger partial charge in [0.1, 0.15) is 0 Å². The van der Waals surface area contributed by atoms with Crippen LogP contribution >= 0.6 is 34.2 Å². The van der Waals surface area contributed by atoms with Gasteiger partial charge in [0.05, 0.1) is 22.6 Å². The molecule has 0 unspecified atom stereocenters. The number of nitrogens with one attached hydrogen (secondary N) is 1. The lowest BCUT2D eigenvalue weighted by Crippen LogP contribution is -2.14. The normalized spacial score (nSPS) is 10.2. The number of rotatable bonds is 3. The van der Waals surface area contributed by atoms with E-state index in [1.807, 2.05) is 12.1 Å². The highest BCUT2D eigenvalue weighted by molar-refractivity contribution is 14.1. The smallest absolute Gasteiger partial charge is 0.250 e. The maximum Gasteiger partial charge on any atom is 0.250 e. The molecule has 98 valence electrons. The van der Waals surface area contributed by atoms with Crippen LogP contribution in [0.15, 0.2) is 36.4 Å². The fourth-order valence-electron chi connectivity index (χ4n) is 1.64. The molecule has 2 aromatic carbocycles. The molecule has 2 aromatic rings. The van der Waals surface area contributed by atoms with E-state index in [4.69, 9.17) is 23.1 Å². The van der Waals surface area contributed by atoms with Crippen LogP contribution in [0.1, 0.15) is 10.4 Å². The molecule has 6 heteroatoms. The van der Waals surface area contributed by atoms with Crippen molar-refractivity contribution in [3.8, 4) is 0 Å². The fraction of sp³-hybridized carbons (Fsp3) is 0. The molecule has 5 N–H and O–H groups in total. The number of hydrogen-bond acceptors (Lipinski definition) is 3. The highest BCUT2D eigenvalue weighted by Crippen LogP contribution is 2.30. The Labute approximate surface area is 129 Å². The second-order valence-electron chi connectivity index (χ2n) is 3.88. The van der Waals surface area contributed by atoms with Crippen LogP contribution in [0.5, 0.6) is 0 Å². The van der Waals surface area contributed by atoms with Crippen molar-refractivity contribution in [2.24, 2.45) is 5.73 Å². The van der Waals surface area contributed by atoms with E-state index < -0.39 is 5.91 Å². The lowest BCUT2D eigenvalue weighted by molar-refractivity contribution is 0.100. The molecule has 0 saturated carbocycles. The number of anilines is 3. The standard InChI is InChI=1S/C13H11ClIN3O/c14-7-4-5-11(9(15)6-7)18-12-8(13(17)19)2-1-3-10(12)16/h1-6,18H,16H2,(H2,17,19). The Morgan fingerprint density at radius 3 is 2.63 bits per heavy atom. The van der Waals surface area contributed by atoms with E-state index in [-0.39, 0.29) is 0 Å². The third-order valence-corrected chi connectivity index (χ3v) is 3.68. The fourth-order valence-corrected chi connectivity index (χ4v) is 2.65. The zero-order chi connectivity index (χ0) is 14.0. The van der Waals surface area contributed by atoms with Gasteiger partial charge in [0.15, 0.2) is 0 Å². The minimum absolute atomic E-state index is 0.353. The van der Waals surface area contributed by atoms with E-state index >= 15 is 0 Å². The zero-order valence-electron chi connectivity index (χ0n) is 9.78. The molecule has 0 aromatic heterocycles. The third kappa shape index (κ3) is 3.10. The minimum Gasteiger partial charge on any atom is -0.397 e. The van der Waals surface area contributed by atoms with Crippen LogP contribution in [-0.2, 0) is 0 Å². The van der Waals surface area contributed by atoms with Crippen LogP contribution in [0, 0.1) is 3.57 Å². The number of para-hydroxylation sites is 1. The first-order valence-electron chi connectivity index (χ1n) is 5.39. The van der Waals surface area contributed by atoms with Crippen LogP contribution in [-0.4, -0.2) is 5.91 Å². The summed E-state index contributed by atoms with van der Waals surface area (Å²) in [6, 6.07) is 10.4. The van der Waals surface area contributed by atoms with E-state index in [0.717, 1.165) is 9.26 Å². The second kappa shape index (κ2) is 5.66. The topological polar surface area (TPSA) is 81.1 Å². The van der Waals surface area contributed by atoms with Crippen molar-refractivity contribution in [2.75, 3.05) is 11.1 Å². The molecule has 0 aliphatic heterocycles. The van der Waals surface area contributed by atoms with Gasteiger partial charge in [-0.15, -0.1) is 0 Å². The number of carbonyl (C=O) groups is 1. The molecule has 1 amide bonds. The average Bonchev–Trinajstić information content (AvgIpc) is 2.34. The molecule has 2 rings (SSSR count). The second-order valence-corrected chi connectivity index (χ2v) is 5.48. The summed E-state index contributed by atoms with van der Waals surface area (Å²) in [6.07, 6.45) is 0. The van der Waals surface area contributed by atoms with E-state index in [1.165, 1.54) is 0 Å². The van der Waals surface area contributed by atoms with Crippen LogP contribution in [0.25, 0.3) is 0 Å². The number of amides is 1. The minimum atomic E-state index is -0.529. The van der Waals surface area contributed by atoms with Crippen molar-refractivity contribution in [2.45, 2.75) is 0 Å². The summed E-state index contributed by atoms with van der Waals surface area (Å²) < 4.78 is 0.920. The van der Waals surface area contributed by atoms with Crippen molar-refractivity contribution in [3.05, 3.63) is 50.6 Å². The van der Waals surface area contributed by atoms with E-state index in [0.29, 0.717) is 22.0 Å². The summed E-state index contributed by atoms with van der Waals surface area (Å²) in [4.78, 5) is 11.4. The maximum atomic E-state index is 11.4. The first-order chi connectivity index (χ1) is 8.99. The molecule has 0 atom stereocenters. The summed E-state index contributed by atoms with van der Waals surface area (Å²) in [5.74, 6) is -0.529. The molecule has 0 heterocycles. The Hall–Kier alpha value is -1.47. The van der Waals surface area contributed by atoms with Crippen LogP contribution in [0.2, 0.25) is 5.02 Å². The Balaban J connectivity index is 2.46. The quantitative estimate of drug-likeness (QED) is 0.558. The Kier molecular flexibility index (Phi) is 4.16. The first kappa shape index (κ1) is 14.0. The Bertz CT molecular complexity index is 646. The van der Waals surface area contributed by atoms with Gasteiger partial charge < -0.3 is 16.8 Å². The number of benzene rings is 2. The van der Waals surface area contributed by atoms with E-state index in [2.05, 4.69) is 27.9 Å². The van der Waals surface area contributed by atoms with Gasteiger partial charge in [0, 0.05) is 8.59 Å². The number of nitrogens with two attached hydrogens (primary N) is 2. The molecule has 0 radical (unpaired) electrons. The summed E-state index contributed by atoms with van der Waals surface area (Å²) >= 11 is 8.05. The SMILES string of the molecule is NC(=O)c1cccc(N)c1Nc1ccc(Cl)cc1I. The monoisotopic (exact) mass is 387 g/mol. The van der Waals surface area contributed by atoms with Gasteiger partial charge in [-0.1, -0.05) is 17.7 Å². The number of carbonyl (C=O) groups excluding carboxylic acids is 1. The largest absolute Gasteiger partial charge is 0.397 e. The van der Waals surface area contributed by atoms with Crippen molar-refractivity contribution >= 4 is 57.2 Å². The van der Waals surface area contributed by atoms with E-state index in [9.17, 15) is 4.79 Å². The molecular weight excluding hydrogens is 377 g/mol. The van der Waals surface area contributed by atoms with Crippen molar-refractivity contribution in [3.63, 3.8) is 0 Å². The molecule has 0 bridgehead atoms. The number of hydrogen-bond donors (Lipinski definition) is 3. The summed E-state index contributed by atoms with van der Waals surface area (Å²) in [6.45, 7) is 0. The van der Waals surface area contributed by atoms with Gasteiger partial charge >= 0.3 is 0 Å². The molecule has 0 aliphatic rings. The van der Waals surface area contributed by atoms with Crippen LogP contribution < -0.4 is 16.8 Å². The van der Waals surface area contributed by atoms with Crippen LogP contribution in [0.3, 0.4) is 0 Å². The first-order valence-corrected chi connectivity index (χ1v) is 6.85. The summed E-state index contributed by atoms with van der Waals surface area (Å²) in [5, 5.41) is 3.77. The van der Waals surface area contributed by atoms with Crippen molar-refractivity contribution in [1.82, 2.24) is 0 Å². The van der Waals surface area contributed by atoms with E-state index in [1.54, 1.807) is 24.3 Å². The maximum absolute atomic E-state index is 11.4. The Morgan fingerprint density at radius 1 is 1.26 bits per heavy atom. The van der Waals surface area contributed by atoms with Gasteiger partial charge in [0.2, 0.25) is 0 Å². The zero-order valence-corrected chi connectivity index (χ0v) is 12.7. The number of halogens is 2. The molecule has 0 spiro atoms. The molecular formula is C13H11ClIN3O. The van der Waals surface area contributed by atoms with Gasteiger partial charge in [-0.25, -0.2) is 0 Å². The van der Waals surface area contributed by atoms with Gasteiger partial charge in [-0.05, 0) is 52.9 Å². The lowest BCUT2D eigenvalue weighted by Gasteiger charge is -2.14. The lowest BCUT2D eigenvalue weighted by atomic mass is 10.1. The molecule has 4 nitrogen and oxygen atoms in total. The van der Waals surface area contributed by atoms with Gasteiger partial charge in [-0.3, -0.25) is 4.79 Å². The van der Waals surface area contributed by atoms with Crippen molar-refractivity contribution in [1.29, 1.82) is 0 Å². The molecule has 0 saturated heterocycles. The van der Waals surface area contributed by atoms with Crippen molar-refractivity contribution < 1.29 is 4.79 Å².